The maximum Gasteiger partial charge on any atom is 0.136 e. The Hall–Kier alpha value is -0.120. The Labute approximate surface area is 170 Å². The van der Waals surface area contributed by atoms with Gasteiger partial charge in [-0.15, -0.1) is 0 Å². The van der Waals surface area contributed by atoms with Crippen LogP contribution in [-0.4, -0.2) is 23.5 Å². The summed E-state index contributed by atoms with van der Waals surface area (Å²) in [7, 11) is 0. The molecule has 4 rings (SSSR count). The number of carbonyl (C=O) groups is 1. The number of hydrogen-bond donors (Lipinski definition) is 2. The van der Waals surface area contributed by atoms with E-state index < -0.39 is 0 Å². The van der Waals surface area contributed by atoms with E-state index >= 15 is 0 Å². The van der Waals surface area contributed by atoms with Gasteiger partial charge in [-0.05, 0) is 104 Å². The van der Waals surface area contributed by atoms with Gasteiger partial charge in [0.1, 0.15) is 5.78 Å². The molecular weight excluding hydrogens is 358 g/mol. The molecule has 0 radical (unpaired) electrons. The van der Waals surface area contributed by atoms with Gasteiger partial charge in [0, 0.05) is 18.9 Å². The molecule has 0 saturated heterocycles. The largest absolute Gasteiger partial charge is 0.393 e. The van der Waals surface area contributed by atoms with Crippen LogP contribution in [-0.2, 0) is 4.79 Å². The SMILES string of the molecule is C[C@H](CCNCl)[C@H]1CC[C@H]2[C@@H]3C(=O)C[C@@H]4C[C@H](O)CC[C@]4(C)[C@H]3CC[C@]12C. The maximum absolute atomic E-state index is 13.4. The summed E-state index contributed by atoms with van der Waals surface area (Å²) in [4.78, 5) is 16.2. The molecule has 0 aliphatic heterocycles. The fraction of sp³-hybridized carbons (Fsp3) is 0.957. The van der Waals surface area contributed by atoms with Crippen molar-refractivity contribution in [3.05, 3.63) is 0 Å². The van der Waals surface area contributed by atoms with E-state index in [1.807, 2.05) is 0 Å². The molecular formula is C23H38ClNO2. The second-order valence-corrected chi connectivity index (χ2v) is 11.2. The number of Topliss-reactive ketones (excluding diaryl/α,β-unsaturated/α-hetero) is 1. The number of fused-ring (bicyclic) bond motifs is 5. The number of rotatable bonds is 4. The minimum absolute atomic E-state index is 0.187. The molecule has 0 amide bonds. The number of nitrogens with one attached hydrogen (secondary N) is 1. The summed E-state index contributed by atoms with van der Waals surface area (Å²) < 4.78 is 0. The lowest BCUT2D eigenvalue weighted by Gasteiger charge is -2.60. The highest BCUT2D eigenvalue weighted by atomic mass is 35.5. The van der Waals surface area contributed by atoms with Gasteiger partial charge < -0.3 is 5.11 Å². The Morgan fingerprint density at radius 2 is 1.85 bits per heavy atom. The first-order chi connectivity index (χ1) is 12.8. The van der Waals surface area contributed by atoms with Gasteiger partial charge in [0.05, 0.1) is 6.10 Å². The van der Waals surface area contributed by atoms with Crippen molar-refractivity contribution in [2.24, 2.45) is 46.3 Å². The van der Waals surface area contributed by atoms with E-state index in [1.54, 1.807) is 0 Å². The number of aliphatic hydroxyl groups is 1. The monoisotopic (exact) mass is 395 g/mol. The summed E-state index contributed by atoms with van der Waals surface area (Å²) in [5, 5.41) is 10.2. The molecule has 0 aromatic carbocycles. The molecule has 4 aliphatic carbocycles. The molecule has 4 aliphatic rings. The smallest absolute Gasteiger partial charge is 0.136 e. The van der Waals surface area contributed by atoms with Crippen molar-refractivity contribution >= 4 is 17.6 Å². The summed E-state index contributed by atoms with van der Waals surface area (Å²) in [6, 6.07) is 0. The number of carbonyl (C=O) groups excluding carboxylic acids is 1. The zero-order valence-electron chi connectivity index (χ0n) is 17.3. The third-order valence-electron chi connectivity index (χ3n) is 9.90. The molecule has 9 atom stereocenters. The summed E-state index contributed by atoms with van der Waals surface area (Å²) >= 11 is 5.71. The first-order valence-corrected chi connectivity index (χ1v) is 11.7. The molecule has 0 aromatic rings. The molecule has 4 heteroatoms. The third kappa shape index (κ3) is 3.11. The van der Waals surface area contributed by atoms with Gasteiger partial charge in [-0.1, -0.05) is 20.8 Å². The predicted octanol–water partition coefficient (Wildman–Crippen LogP) is 4.95. The number of hydrogen-bond acceptors (Lipinski definition) is 3. The van der Waals surface area contributed by atoms with Crippen LogP contribution in [0.25, 0.3) is 0 Å². The minimum atomic E-state index is -0.187. The normalized spacial score (nSPS) is 50.6. The second kappa shape index (κ2) is 7.29. The molecule has 3 nitrogen and oxygen atoms in total. The third-order valence-corrected chi connectivity index (χ3v) is 10.1. The van der Waals surface area contributed by atoms with Crippen molar-refractivity contribution in [2.45, 2.75) is 84.7 Å². The lowest BCUT2D eigenvalue weighted by molar-refractivity contribution is -0.160. The fourth-order valence-corrected chi connectivity index (χ4v) is 8.48. The Bertz CT molecular complexity index is 583. The zero-order chi connectivity index (χ0) is 19.4. The Morgan fingerprint density at radius 1 is 1.15 bits per heavy atom. The van der Waals surface area contributed by atoms with Crippen LogP contribution in [0.5, 0.6) is 0 Å². The van der Waals surface area contributed by atoms with E-state index in [1.165, 1.54) is 25.7 Å². The number of halogens is 1. The summed E-state index contributed by atoms with van der Waals surface area (Å²) in [6.07, 6.45) is 9.54. The Kier molecular flexibility index (Phi) is 5.44. The molecule has 0 spiro atoms. The van der Waals surface area contributed by atoms with Crippen molar-refractivity contribution in [1.29, 1.82) is 0 Å². The van der Waals surface area contributed by atoms with Crippen LogP contribution in [0.1, 0.15) is 78.6 Å². The molecule has 0 bridgehead atoms. The molecule has 2 N–H and O–H groups in total. The van der Waals surface area contributed by atoms with E-state index in [9.17, 15) is 9.90 Å². The Morgan fingerprint density at radius 3 is 2.59 bits per heavy atom. The van der Waals surface area contributed by atoms with Crippen molar-refractivity contribution in [3.8, 4) is 0 Å². The van der Waals surface area contributed by atoms with E-state index in [4.69, 9.17) is 11.8 Å². The van der Waals surface area contributed by atoms with E-state index in [0.29, 0.717) is 34.9 Å². The van der Waals surface area contributed by atoms with Crippen molar-refractivity contribution in [1.82, 2.24) is 4.84 Å². The zero-order valence-corrected chi connectivity index (χ0v) is 18.1. The van der Waals surface area contributed by atoms with E-state index in [2.05, 4.69) is 25.6 Å². The molecule has 154 valence electrons. The number of aliphatic hydroxyl groups excluding tert-OH is 1. The molecule has 0 aromatic heterocycles. The minimum Gasteiger partial charge on any atom is -0.393 e. The predicted molar refractivity (Wildman–Crippen MR) is 109 cm³/mol. The average molecular weight is 396 g/mol. The van der Waals surface area contributed by atoms with Crippen molar-refractivity contribution < 1.29 is 9.90 Å². The maximum atomic E-state index is 13.4. The van der Waals surface area contributed by atoms with Crippen molar-refractivity contribution in [2.75, 3.05) is 6.54 Å². The van der Waals surface area contributed by atoms with Gasteiger partial charge in [-0.25, -0.2) is 4.84 Å². The topological polar surface area (TPSA) is 49.3 Å². The van der Waals surface area contributed by atoms with Crippen LogP contribution >= 0.6 is 11.8 Å². The van der Waals surface area contributed by atoms with Crippen LogP contribution in [0.3, 0.4) is 0 Å². The summed E-state index contributed by atoms with van der Waals surface area (Å²) in [5.41, 5.74) is 0.589. The lowest BCUT2D eigenvalue weighted by atomic mass is 9.44. The average Bonchev–Trinajstić information content (AvgIpc) is 2.98. The molecule has 4 saturated carbocycles. The van der Waals surface area contributed by atoms with Gasteiger partial charge in [-0.2, -0.15) is 0 Å². The highest BCUT2D eigenvalue weighted by Gasteiger charge is 2.62. The van der Waals surface area contributed by atoms with Gasteiger partial charge >= 0.3 is 0 Å². The fourth-order valence-electron chi connectivity index (χ4n) is 8.37. The van der Waals surface area contributed by atoms with Crippen molar-refractivity contribution in [3.63, 3.8) is 0 Å². The van der Waals surface area contributed by atoms with Gasteiger partial charge in [0.25, 0.3) is 0 Å². The summed E-state index contributed by atoms with van der Waals surface area (Å²) in [6.45, 7) is 8.22. The lowest BCUT2D eigenvalue weighted by Crippen LogP contribution is -2.57. The first kappa shape index (κ1) is 20.2. The van der Waals surface area contributed by atoms with Crippen LogP contribution < -0.4 is 4.84 Å². The highest BCUT2D eigenvalue weighted by Crippen LogP contribution is 2.67. The standard InChI is InChI=1S/C23H38ClNO2/c1-14(8-11-25-24)17-4-5-18-21-19(7-10-23(17,18)3)22(2)9-6-16(26)12-15(22)13-20(21)27/h14-19,21,25-26H,4-13H2,1-3H3/t14-,15+,16-,17-,18+,19+,21+,22+,23-/m1/s1. The Balaban J connectivity index is 1.58. The highest BCUT2D eigenvalue weighted by molar-refractivity contribution is 6.13. The number of ketones is 1. The van der Waals surface area contributed by atoms with Crippen LogP contribution in [0.2, 0.25) is 0 Å². The van der Waals surface area contributed by atoms with E-state index in [-0.39, 0.29) is 17.4 Å². The van der Waals surface area contributed by atoms with E-state index in [0.717, 1.165) is 44.6 Å². The first-order valence-electron chi connectivity index (χ1n) is 11.4. The van der Waals surface area contributed by atoms with Crippen LogP contribution in [0.4, 0.5) is 0 Å². The van der Waals surface area contributed by atoms with Gasteiger partial charge in [-0.3, -0.25) is 4.79 Å². The summed E-state index contributed by atoms with van der Waals surface area (Å²) in [5.74, 6) is 3.73. The molecule has 4 fully saturated rings. The molecule has 0 unspecified atom stereocenters. The quantitative estimate of drug-likeness (QED) is 0.661. The van der Waals surface area contributed by atoms with Gasteiger partial charge in [0.2, 0.25) is 0 Å². The van der Waals surface area contributed by atoms with Crippen LogP contribution in [0.15, 0.2) is 0 Å². The second-order valence-electron chi connectivity index (χ2n) is 10.9. The molecule has 0 heterocycles. The van der Waals surface area contributed by atoms with Crippen LogP contribution in [0, 0.1) is 46.3 Å². The molecule has 27 heavy (non-hydrogen) atoms. The van der Waals surface area contributed by atoms with Gasteiger partial charge in [0.15, 0.2) is 0 Å².